The molecule has 0 amide bonds. The third kappa shape index (κ3) is 5.99. The number of nitriles is 1. The lowest BCUT2D eigenvalue weighted by molar-refractivity contribution is -0.142. The lowest BCUT2D eigenvalue weighted by Crippen LogP contribution is -2.15. The smallest absolute Gasteiger partial charge is 0.309 e. The molecule has 13 rings (SSSR count). The number of alkyl halides is 6. The van der Waals surface area contributed by atoms with Crippen molar-refractivity contribution in [1.82, 2.24) is 9.13 Å². The van der Waals surface area contributed by atoms with Gasteiger partial charge < -0.3 is 9.13 Å². The van der Waals surface area contributed by atoms with Crippen molar-refractivity contribution in [3.05, 3.63) is 215 Å². The molecule has 0 atom stereocenters. The van der Waals surface area contributed by atoms with Crippen LogP contribution in [0.2, 0.25) is 0 Å². The Morgan fingerprint density at radius 1 is 0.417 bits per heavy atom. The van der Waals surface area contributed by atoms with Crippen molar-refractivity contribution >= 4 is 43.6 Å². The fraction of sp³-hybridized carbons (Fsp3) is 0.127. The van der Waals surface area contributed by atoms with Gasteiger partial charge in [0.05, 0.1) is 56.2 Å². The predicted octanol–water partition coefficient (Wildman–Crippen LogP) is 17.7. The van der Waals surface area contributed by atoms with E-state index in [4.69, 9.17) is 0 Å². The largest absolute Gasteiger partial charge is 0.417 e. The molecule has 72 heavy (non-hydrogen) atoms. The number of rotatable bonds is 4. The first-order valence-corrected chi connectivity index (χ1v) is 23.8. The lowest BCUT2D eigenvalue weighted by atomic mass is 9.80. The van der Waals surface area contributed by atoms with Gasteiger partial charge in [-0.05, 0) is 122 Å². The molecule has 350 valence electrons. The molecule has 0 N–H and O–H groups in total. The molecule has 3 nitrogen and oxygen atoms in total. The van der Waals surface area contributed by atoms with Gasteiger partial charge in [0.25, 0.3) is 0 Å². The van der Waals surface area contributed by atoms with Crippen LogP contribution < -0.4 is 0 Å². The van der Waals surface area contributed by atoms with E-state index in [9.17, 15) is 18.4 Å². The topological polar surface area (TPSA) is 33.6 Å². The normalized spacial score (nSPS) is 14.5. The van der Waals surface area contributed by atoms with Crippen LogP contribution in [0.15, 0.2) is 176 Å². The van der Waals surface area contributed by atoms with Crippen LogP contribution in [0.3, 0.4) is 0 Å². The van der Waals surface area contributed by atoms with E-state index in [-0.39, 0.29) is 17.0 Å². The zero-order valence-corrected chi connectivity index (χ0v) is 39.4. The summed E-state index contributed by atoms with van der Waals surface area (Å²) in [6.07, 6.45) is -10.1. The number of hydrogen-bond acceptors (Lipinski definition) is 1. The van der Waals surface area contributed by atoms with E-state index in [1.165, 1.54) is 22.3 Å². The van der Waals surface area contributed by atoms with E-state index in [1.54, 1.807) is 30.3 Å². The summed E-state index contributed by atoms with van der Waals surface area (Å²) >= 11 is 0. The van der Waals surface area contributed by atoms with Crippen molar-refractivity contribution in [3.8, 4) is 62.0 Å². The van der Waals surface area contributed by atoms with Crippen LogP contribution in [-0.4, -0.2) is 9.13 Å². The molecule has 0 saturated heterocycles. The summed E-state index contributed by atoms with van der Waals surface area (Å²) in [5, 5.41) is 14.7. The fourth-order valence-corrected chi connectivity index (χ4v) is 12.5. The van der Waals surface area contributed by atoms with E-state index >= 15 is 13.2 Å². The molecular weight excluding hydrogens is 913 g/mol. The molecule has 2 aromatic heterocycles. The lowest BCUT2D eigenvalue weighted by Gasteiger charge is -2.23. The van der Waals surface area contributed by atoms with Gasteiger partial charge in [0.2, 0.25) is 0 Å². The quantitative estimate of drug-likeness (QED) is 0.162. The SMILES string of the molecule is CC1(C)c2ccccc2-c2ccc3c(c21)c1ccccc1n3-c1ccc(C#N)cc1-c1cc(-c2ccc(C(F)(F)F)cc2C(F)(F)F)ccc1-n1c2ccccc2c2c3c(ccc21)-c1ccccc1C3(C)C. The second-order valence-corrected chi connectivity index (χ2v) is 20.1. The standard InChI is InChI=1S/C63H41F6N3/c1-60(2)47-17-9-5-13-39(47)41-25-29-54-56(58(41)60)43-15-7-11-19-50(43)71(54)52-27-21-35(34-70)31-45(52)46-32-36(38-24-23-37(62(64,65)66)33-49(38)63(67,68)69)22-28-53(46)72-51-20-12-8-16-44(51)57-55(72)30-26-42-40-14-6-10-18-48(40)61(3,4)59(42)57/h5-33H,1-4H3. The highest BCUT2D eigenvalue weighted by atomic mass is 19.4. The Hall–Kier alpha value is -8.35. The zero-order chi connectivity index (χ0) is 49.8. The van der Waals surface area contributed by atoms with Gasteiger partial charge in [-0.3, -0.25) is 0 Å². The second kappa shape index (κ2) is 14.8. The molecule has 0 aliphatic heterocycles. The van der Waals surface area contributed by atoms with Gasteiger partial charge in [-0.25, -0.2) is 0 Å². The predicted molar refractivity (Wildman–Crippen MR) is 276 cm³/mol. The highest BCUT2D eigenvalue weighted by Gasteiger charge is 2.41. The molecule has 0 unspecified atom stereocenters. The summed E-state index contributed by atoms with van der Waals surface area (Å²) in [4.78, 5) is 0. The maximum absolute atomic E-state index is 15.1. The number of aromatic nitrogens is 2. The number of para-hydroxylation sites is 2. The Labute approximate surface area is 410 Å². The van der Waals surface area contributed by atoms with E-state index in [0.29, 0.717) is 34.1 Å². The summed E-state index contributed by atoms with van der Waals surface area (Å²) in [5.41, 5.74) is 11.5. The Morgan fingerprint density at radius 3 is 1.40 bits per heavy atom. The highest BCUT2D eigenvalue weighted by molar-refractivity contribution is 6.16. The van der Waals surface area contributed by atoms with Gasteiger partial charge >= 0.3 is 12.4 Å². The molecule has 0 spiro atoms. The van der Waals surface area contributed by atoms with Gasteiger partial charge in [-0.1, -0.05) is 137 Å². The van der Waals surface area contributed by atoms with Gasteiger partial charge in [0.1, 0.15) is 0 Å². The monoisotopic (exact) mass is 953 g/mol. The van der Waals surface area contributed by atoms with Crippen molar-refractivity contribution < 1.29 is 26.3 Å². The second-order valence-electron chi connectivity index (χ2n) is 20.1. The summed E-state index contributed by atoms with van der Waals surface area (Å²) in [5.74, 6) is 0. The van der Waals surface area contributed by atoms with Crippen LogP contribution in [0.25, 0.3) is 99.5 Å². The molecule has 0 radical (unpaired) electrons. The Balaban J connectivity index is 1.15. The van der Waals surface area contributed by atoms with Crippen molar-refractivity contribution in [2.45, 2.75) is 50.9 Å². The maximum atomic E-state index is 15.1. The van der Waals surface area contributed by atoms with Crippen LogP contribution in [0.4, 0.5) is 26.3 Å². The van der Waals surface area contributed by atoms with Crippen molar-refractivity contribution in [2.75, 3.05) is 0 Å². The number of benzene rings is 9. The minimum Gasteiger partial charge on any atom is -0.309 e. The Kier molecular flexibility index (Phi) is 9.00. The fourth-order valence-electron chi connectivity index (χ4n) is 12.5. The van der Waals surface area contributed by atoms with Crippen LogP contribution in [0, 0.1) is 11.3 Å². The number of nitrogens with zero attached hydrogens (tertiary/aromatic N) is 3. The molecule has 9 aromatic carbocycles. The van der Waals surface area contributed by atoms with Gasteiger partial charge in [0.15, 0.2) is 0 Å². The average Bonchev–Trinajstić information content (AvgIpc) is 4.04. The van der Waals surface area contributed by atoms with Crippen molar-refractivity contribution in [3.63, 3.8) is 0 Å². The summed E-state index contributed by atoms with van der Waals surface area (Å²) in [6, 6.07) is 56.1. The number of hydrogen-bond donors (Lipinski definition) is 0. The van der Waals surface area contributed by atoms with Crippen molar-refractivity contribution in [1.29, 1.82) is 5.26 Å². The molecule has 11 aromatic rings. The third-order valence-electron chi connectivity index (χ3n) is 15.6. The van der Waals surface area contributed by atoms with Gasteiger partial charge in [-0.15, -0.1) is 0 Å². The molecule has 0 fully saturated rings. The van der Waals surface area contributed by atoms with E-state index < -0.39 is 34.5 Å². The average molecular weight is 954 g/mol. The maximum Gasteiger partial charge on any atom is 0.417 e. The first-order chi connectivity index (χ1) is 34.5. The van der Waals surface area contributed by atoms with Crippen LogP contribution in [0.5, 0.6) is 0 Å². The van der Waals surface area contributed by atoms with Crippen LogP contribution in [0.1, 0.15) is 66.6 Å². The first kappa shape index (κ1) is 43.7. The number of fused-ring (bicyclic) bond motifs is 14. The van der Waals surface area contributed by atoms with Gasteiger partial charge in [-0.2, -0.15) is 31.6 Å². The minimum absolute atomic E-state index is 0.0564. The third-order valence-corrected chi connectivity index (χ3v) is 15.6. The molecule has 2 aliphatic rings. The molecule has 9 heteroatoms. The van der Waals surface area contributed by atoms with Crippen molar-refractivity contribution in [2.24, 2.45) is 0 Å². The Bertz CT molecular complexity index is 4210. The zero-order valence-electron chi connectivity index (χ0n) is 39.4. The molecule has 2 heterocycles. The highest BCUT2D eigenvalue weighted by Crippen LogP contribution is 2.56. The van der Waals surface area contributed by atoms with E-state index in [2.05, 4.69) is 128 Å². The summed E-state index contributed by atoms with van der Waals surface area (Å²) in [6.45, 7) is 8.94. The number of halogens is 6. The Morgan fingerprint density at radius 2 is 0.889 bits per heavy atom. The summed E-state index contributed by atoms with van der Waals surface area (Å²) < 4.78 is 92.0. The minimum atomic E-state index is -5.13. The van der Waals surface area contributed by atoms with E-state index in [1.807, 2.05) is 42.5 Å². The molecule has 0 bridgehead atoms. The molecule has 2 aliphatic carbocycles. The first-order valence-electron chi connectivity index (χ1n) is 23.8. The van der Waals surface area contributed by atoms with Crippen LogP contribution >= 0.6 is 0 Å². The van der Waals surface area contributed by atoms with Gasteiger partial charge in [0, 0.05) is 43.5 Å². The molecule has 0 saturated carbocycles. The van der Waals surface area contributed by atoms with Crippen LogP contribution in [-0.2, 0) is 23.2 Å². The van der Waals surface area contributed by atoms with E-state index in [0.717, 1.165) is 71.9 Å². The summed E-state index contributed by atoms with van der Waals surface area (Å²) in [7, 11) is 0. The molecular formula is C63H41F6N3.